The number of nitrogens with zero attached hydrogens (tertiary/aromatic N) is 5. The number of anilines is 1. The van der Waals surface area contributed by atoms with E-state index in [1.54, 1.807) is 52.8 Å². The van der Waals surface area contributed by atoms with Gasteiger partial charge in [0.25, 0.3) is 0 Å². The average molecular weight is 590 g/mol. The summed E-state index contributed by atoms with van der Waals surface area (Å²) in [4.78, 5) is 21.0. The number of fused-ring (bicyclic) bond motifs is 2. The van der Waals surface area contributed by atoms with Gasteiger partial charge in [-0.15, -0.1) is 11.3 Å². The molecule has 1 atom stereocenters. The minimum Gasteiger partial charge on any atom is -0.371 e. The number of Topliss-reactive ketones (excluding diaryl/α,β-unsaturated/α-hetero) is 1. The lowest BCUT2D eigenvalue weighted by Crippen LogP contribution is -2.53. The van der Waals surface area contributed by atoms with Crippen molar-refractivity contribution in [3.8, 4) is 5.69 Å². The summed E-state index contributed by atoms with van der Waals surface area (Å²) in [5.74, 6) is -0.509. The quantitative estimate of drug-likeness (QED) is 0.295. The van der Waals surface area contributed by atoms with Gasteiger partial charge in [0, 0.05) is 43.4 Å². The number of carbonyl (C=O) groups excluding carboxylic acids is 1. The fraction of sp³-hybridized carbons (Fsp3) is 0.300. The first-order valence-corrected chi connectivity index (χ1v) is 16.0. The molecule has 210 valence electrons. The van der Waals surface area contributed by atoms with Crippen LogP contribution in [0, 0.1) is 11.2 Å². The molecule has 2 fully saturated rings. The van der Waals surface area contributed by atoms with E-state index < -0.39 is 15.4 Å². The SMILES string of the molecule is O=C(c1nccs1)C12Cc3cnn(-c4ccc(F)cc4)c3C=C1CCN(S(=O)(=O)c1cccc(N3CCCC3)c1)C2. The highest BCUT2D eigenvalue weighted by atomic mass is 32.2. The molecule has 2 aliphatic heterocycles. The maximum atomic E-state index is 14.2. The lowest BCUT2D eigenvalue weighted by Gasteiger charge is -2.44. The zero-order valence-electron chi connectivity index (χ0n) is 22.2. The molecule has 8 nitrogen and oxygen atoms in total. The van der Waals surface area contributed by atoms with Gasteiger partial charge >= 0.3 is 0 Å². The first-order valence-electron chi connectivity index (χ1n) is 13.7. The lowest BCUT2D eigenvalue weighted by atomic mass is 9.66. The Balaban J connectivity index is 1.28. The van der Waals surface area contributed by atoms with Crippen LogP contribution in [0.15, 0.2) is 76.8 Å². The molecule has 1 aliphatic carbocycles. The molecule has 0 amide bonds. The van der Waals surface area contributed by atoms with Gasteiger partial charge in [-0.3, -0.25) is 4.79 Å². The number of thiazole rings is 1. The molecule has 4 heterocycles. The Hall–Kier alpha value is -3.67. The van der Waals surface area contributed by atoms with E-state index in [2.05, 4.69) is 15.0 Å². The number of hydrogen-bond acceptors (Lipinski definition) is 7. The maximum absolute atomic E-state index is 14.2. The summed E-state index contributed by atoms with van der Waals surface area (Å²) in [6.45, 7) is 2.12. The molecule has 0 spiro atoms. The largest absolute Gasteiger partial charge is 0.371 e. The van der Waals surface area contributed by atoms with Gasteiger partial charge in [0.1, 0.15) is 5.82 Å². The Labute approximate surface area is 241 Å². The summed E-state index contributed by atoms with van der Waals surface area (Å²) in [7, 11) is -3.87. The van der Waals surface area contributed by atoms with E-state index in [4.69, 9.17) is 0 Å². The molecule has 0 radical (unpaired) electrons. The van der Waals surface area contributed by atoms with Crippen LogP contribution in [0.3, 0.4) is 0 Å². The van der Waals surface area contributed by atoms with E-state index in [9.17, 15) is 17.6 Å². The summed E-state index contributed by atoms with van der Waals surface area (Å²) >= 11 is 1.26. The normalized spacial score (nSPS) is 20.9. The Morgan fingerprint density at radius 1 is 1.02 bits per heavy atom. The Morgan fingerprint density at radius 3 is 2.59 bits per heavy atom. The van der Waals surface area contributed by atoms with Crippen LogP contribution < -0.4 is 4.90 Å². The number of hydrogen-bond donors (Lipinski definition) is 0. The number of benzene rings is 2. The summed E-state index contributed by atoms with van der Waals surface area (Å²) in [5.41, 5.74) is 3.04. The van der Waals surface area contributed by atoms with Crippen molar-refractivity contribution in [3.05, 3.63) is 94.0 Å². The van der Waals surface area contributed by atoms with Crippen LogP contribution in [0.5, 0.6) is 0 Å². The topological polar surface area (TPSA) is 88.4 Å². The van der Waals surface area contributed by atoms with Crippen LogP contribution in [0.1, 0.15) is 40.3 Å². The van der Waals surface area contributed by atoms with Crippen molar-refractivity contribution >= 4 is 38.9 Å². The fourth-order valence-electron chi connectivity index (χ4n) is 6.31. The number of sulfonamides is 1. The van der Waals surface area contributed by atoms with E-state index in [1.807, 2.05) is 12.1 Å². The molecule has 4 aromatic rings. The average Bonchev–Trinajstić information content (AvgIpc) is 3.78. The minimum absolute atomic E-state index is 0.0225. The van der Waals surface area contributed by atoms with Gasteiger partial charge in [0.2, 0.25) is 15.8 Å². The van der Waals surface area contributed by atoms with E-state index in [0.717, 1.165) is 48.4 Å². The van der Waals surface area contributed by atoms with Gasteiger partial charge in [-0.2, -0.15) is 9.40 Å². The Kier molecular flexibility index (Phi) is 6.40. The number of rotatable bonds is 6. The summed E-state index contributed by atoms with van der Waals surface area (Å²) in [6, 6.07) is 13.2. The van der Waals surface area contributed by atoms with Crippen molar-refractivity contribution in [2.45, 2.75) is 30.6 Å². The number of piperidine rings is 1. The number of halogens is 1. The monoisotopic (exact) mass is 589 g/mol. The third-order valence-corrected chi connectivity index (χ3v) is 11.1. The van der Waals surface area contributed by atoms with Crippen LogP contribution in [0.2, 0.25) is 0 Å². The Bertz CT molecular complexity index is 1760. The first kappa shape index (κ1) is 26.2. The molecule has 2 aromatic carbocycles. The van der Waals surface area contributed by atoms with Crippen LogP contribution in [-0.2, 0) is 16.4 Å². The molecule has 7 rings (SSSR count). The smallest absolute Gasteiger partial charge is 0.243 e. The van der Waals surface area contributed by atoms with Crippen LogP contribution in [0.4, 0.5) is 10.1 Å². The predicted octanol–water partition coefficient (Wildman–Crippen LogP) is 4.97. The molecule has 0 bridgehead atoms. The fourth-order valence-corrected chi connectivity index (χ4v) is 8.53. The van der Waals surface area contributed by atoms with Crippen LogP contribution in [0.25, 0.3) is 11.8 Å². The number of carbonyl (C=O) groups is 1. The molecule has 3 aliphatic rings. The van der Waals surface area contributed by atoms with Gasteiger partial charge in [0.15, 0.2) is 5.01 Å². The summed E-state index contributed by atoms with van der Waals surface area (Å²) in [5, 5.41) is 6.68. The summed E-state index contributed by atoms with van der Waals surface area (Å²) in [6.07, 6.45) is 8.18. The first-order chi connectivity index (χ1) is 19.8. The third-order valence-electron chi connectivity index (χ3n) is 8.44. The van der Waals surface area contributed by atoms with Crippen LogP contribution >= 0.6 is 11.3 Å². The summed E-state index contributed by atoms with van der Waals surface area (Å²) < 4.78 is 44.9. The molecule has 0 saturated carbocycles. The Morgan fingerprint density at radius 2 is 1.83 bits per heavy atom. The van der Waals surface area contributed by atoms with E-state index in [0.29, 0.717) is 23.5 Å². The highest BCUT2D eigenvalue weighted by Gasteiger charge is 2.51. The highest BCUT2D eigenvalue weighted by molar-refractivity contribution is 7.89. The number of aromatic nitrogens is 3. The lowest BCUT2D eigenvalue weighted by molar-refractivity contribution is 0.0775. The zero-order valence-corrected chi connectivity index (χ0v) is 23.9. The van der Waals surface area contributed by atoms with Crippen molar-refractivity contribution in [3.63, 3.8) is 0 Å². The second-order valence-electron chi connectivity index (χ2n) is 10.8. The second-order valence-corrected chi connectivity index (χ2v) is 13.7. The van der Waals surface area contributed by atoms with E-state index in [-0.39, 0.29) is 29.6 Å². The highest BCUT2D eigenvalue weighted by Crippen LogP contribution is 2.47. The van der Waals surface area contributed by atoms with Crippen molar-refractivity contribution in [1.82, 2.24) is 19.1 Å². The van der Waals surface area contributed by atoms with E-state index >= 15 is 0 Å². The molecule has 0 N–H and O–H groups in total. The molecular formula is C30H28FN5O3S2. The van der Waals surface area contributed by atoms with Crippen molar-refractivity contribution in [1.29, 1.82) is 0 Å². The second kappa shape index (κ2) is 10.0. The van der Waals surface area contributed by atoms with Crippen molar-refractivity contribution in [2.75, 3.05) is 31.1 Å². The van der Waals surface area contributed by atoms with Crippen molar-refractivity contribution < 1.29 is 17.6 Å². The predicted molar refractivity (Wildman–Crippen MR) is 155 cm³/mol. The standard InChI is InChI=1S/C30H28FN5O3S2/c31-23-6-8-24(9-7-23)36-27-16-22-10-14-35(41(38,39)26-5-3-4-25(17-26)34-12-1-2-13-34)20-30(22,18-21(27)19-33-36)28(37)29-32-11-15-40-29/h3-9,11,15-17,19H,1-2,10,12-14,18,20H2. The molecule has 2 aromatic heterocycles. The molecular weight excluding hydrogens is 561 g/mol. The van der Waals surface area contributed by atoms with Gasteiger partial charge in [0.05, 0.1) is 27.9 Å². The van der Waals surface area contributed by atoms with Gasteiger partial charge in [-0.1, -0.05) is 11.6 Å². The van der Waals surface area contributed by atoms with E-state index in [1.165, 1.54) is 27.8 Å². The van der Waals surface area contributed by atoms with Gasteiger partial charge in [-0.25, -0.2) is 22.5 Å². The number of ketones is 1. The minimum atomic E-state index is -3.87. The van der Waals surface area contributed by atoms with Gasteiger partial charge < -0.3 is 4.90 Å². The molecule has 41 heavy (non-hydrogen) atoms. The molecule has 2 saturated heterocycles. The maximum Gasteiger partial charge on any atom is 0.243 e. The third kappa shape index (κ3) is 4.43. The van der Waals surface area contributed by atoms with Crippen LogP contribution in [-0.4, -0.2) is 59.4 Å². The zero-order chi connectivity index (χ0) is 28.2. The van der Waals surface area contributed by atoms with Gasteiger partial charge in [-0.05, 0) is 79.8 Å². The molecule has 11 heteroatoms. The van der Waals surface area contributed by atoms with Crippen molar-refractivity contribution in [2.24, 2.45) is 5.41 Å². The molecule has 1 unspecified atom stereocenters.